The molecular weight excluding hydrogens is 332 g/mol. The van der Waals surface area contributed by atoms with Gasteiger partial charge in [-0.2, -0.15) is 0 Å². The summed E-state index contributed by atoms with van der Waals surface area (Å²) < 4.78 is 26.7. The van der Waals surface area contributed by atoms with Gasteiger partial charge < -0.3 is 5.32 Å². The van der Waals surface area contributed by atoms with Gasteiger partial charge in [-0.3, -0.25) is 4.79 Å². The number of halogens is 2. The van der Waals surface area contributed by atoms with Gasteiger partial charge in [-0.25, -0.2) is 8.78 Å². The highest BCUT2D eigenvalue weighted by molar-refractivity contribution is 7.16. The van der Waals surface area contributed by atoms with E-state index in [0.717, 1.165) is 29.0 Å². The van der Waals surface area contributed by atoms with Gasteiger partial charge in [0.25, 0.3) is 5.91 Å². The standard InChI is InChI=1S/C17H13F2N3OS/c1-10(11-5-3-2-4-6-11)20-15(23)17-22-21-16(24-17)13-8-7-12(18)9-14(13)19/h2-10H,1H3,(H,20,23)/t10-/m0/s1. The molecule has 0 radical (unpaired) electrons. The number of aromatic nitrogens is 2. The van der Waals surface area contributed by atoms with Crippen molar-refractivity contribution >= 4 is 17.2 Å². The maximum atomic E-state index is 13.8. The fourth-order valence-electron chi connectivity index (χ4n) is 2.17. The minimum absolute atomic E-state index is 0.115. The van der Waals surface area contributed by atoms with Crippen molar-refractivity contribution in [3.8, 4) is 10.6 Å². The second-order valence-electron chi connectivity index (χ2n) is 5.14. The molecule has 1 atom stereocenters. The molecule has 1 aromatic heterocycles. The van der Waals surface area contributed by atoms with Crippen molar-refractivity contribution < 1.29 is 13.6 Å². The molecule has 0 spiro atoms. The highest BCUT2D eigenvalue weighted by Crippen LogP contribution is 2.26. The molecule has 1 N–H and O–H groups in total. The third-order valence-electron chi connectivity index (χ3n) is 3.43. The lowest BCUT2D eigenvalue weighted by Crippen LogP contribution is -2.26. The Morgan fingerprint density at radius 3 is 2.58 bits per heavy atom. The van der Waals surface area contributed by atoms with Crippen LogP contribution in [0.2, 0.25) is 0 Å². The SMILES string of the molecule is C[C@H](NC(=O)c1nnc(-c2ccc(F)cc2F)s1)c1ccccc1. The first-order valence-corrected chi connectivity index (χ1v) is 8.01. The van der Waals surface area contributed by atoms with E-state index >= 15 is 0 Å². The van der Waals surface area contributed by atoms with Crippen LogP contribution in [0.4, 0.5) is 8.78 Å². The number of hydrogen-bond donors (Lipinski definition) is 1. The molecule has 0 saturated heterocycles. The van der Waals surface area contributed by atoms with Crippen LogP contribution in [0.15, 0.2) is 48.5 Å². The molecule has 0 bridgehead atoms. The molecule has 4 nitrogen and oxygen atoms in total. The Kier molecular flexibility index (Phi) is 4.61. The normalized spacial score (nSPS) is 12.0. The first-order valence-electron chi connectivity index (χ1n) is 7.19. The van der Waals surface area contributed by atoms with Gasteiger partial charge in [0.1, 0.15) is 11.6 Å². The van der Waals surface area contributed by atoms with Crippen molar-refractivity contribution in [1.29, 1.82) is 0 Å². The summed E-state index contributed by atoms with van der Waals surface area (Å²) in [5.41, 5.74) is 1.07. The summed E-state index contributed by atoms with van der Waals surface area (Å²) in [5.74, 6) is -1.80. The van der Waals surface area contributed by atoms with Gasteiger partial charge in [0.15, 0.2) is 5.01 Å². The molecule has 3 rings (SSSR count). The van der Waals surface area contributed by atoms with Crippen molar-refractivity contribution in [1.82, 2.24) is 15.5 Å². The van der Waals surface area contributed by atoms with Crippen LogP contribution in [0, 0.1) is 11.6 Å². The van der Waals surface area contributed by atoms with E-state index in [1.54, 1.807) is 0 Å². The third-order valence-corrected chi connectivity index (χ3v) is 4.38. The van der Waals surface area contributed by atoms with Gasteiger partial charge in [-0.1, -0.05) is 41.7 Å². The van der Waals surface area contributed by atoms with Gasteiger partial charge in [-0.05, 0) is 24.6 Å². The molecule has 0 aliphatic heterocycles. The van der Waals surface area contributed by atoms with E-state index in [1.165, 1.54) is 6.07 Å². The smallest absolute Gasteiger partial charge is 0.282 e. The summed E-state index contributed by atoms with van der Waals surface area (Å²) in [6.45, 7) is 1.86. The molecule has 0 aliphatic carbocycles. The molecule has 7 heteroatoms. The number of amides is 1. The molecule has 0 fully saturated rings. The highest BCUT2D eigenvalue weighted by atomic mass is 32.1. The molecule has 3 aromatic rings. The Bertz CT molecular complexity index is 867. The number of nitrogens with zero attached hydrogens (tertiary/aromatic N) is 2. The zero-order valence-electron chi connectivity index (χ0n) is 12.7. The van der Waals surface area contributed by atoms with E-state index in [1.807, 2.05) is 37.3 Å². The summed E-state index contributed by atoms with van der Waals surface area (Å²) in [6.07, 6.45) is 0. The average molecular weight is 345 g/mol. The Hall–Kier alpha value is -2.67. The van der Waals surface area contributed by atoms with Gasteiger partial charge >= 0.3 is 0 Å². The fourth-order valence-corrected chi connectivity index (χ4v) is 2.94. The molecule has 0 aliphatic rings. The zero-order chi connectivity index (χ0) is 17.1. The minimum atomic E-state index is -0.740. The van der Waals surface area contributed by atoms with Gasteiger partial charge in [0, 0.05) is 11.6 Å². The third kappa shape index (κ3) is 3.46. The largest absolute Gasteiger partial charge is 0.343 e. The van der Waals surface area contributed by atoms with E-state index in [9.17, 15) is 13.6 Å². The maximum absolute atomic E-state index is 13.8. The maximum Gasteiger partial charge on any atom is 0.282 e. The Morgan fingerprint density at radius 1 is 1.12 bits per heavy atom. The first-order chi connectivity index (χ1) is 11.5. The molecular formula is C17H13F2N3OS. The van der Waals surface area contributed by atoms with E-state index in [4.69, 9.17) is 0 Å². The average Bonchev–Trinajstić information content (AvgIpc) is 3.05. The van der Waals surface area contributed by atoms with E-state index in [0.29, 0.717) is 0 Å². The molecule has 2 aromatic carbocycles. The minimum Gasteiger partial charge on any atom is -0.343 e. The molecule has 1 amide bonds. The van der Waals surface area contributed by atoms with Crippen LogP contribution >= 0.6 is 11.3 Å². The van der Waals surface area contributed by atoms with E-state index in [2.05, 4.69) is 15.5 Å². The zero-order valence-corrected chi connectivity index (χ0v) is 13.5. The summed E-state index contributed by atoms with van der Waals surface area (Å²) in [4.78, 5) is 12.3. The Labute approximate surface area is 141 Å². The molecule has 0 saturated carbocycles. The van der Waals surface area contributed by atoms with Crippen LogP contribution in [-0.2, 0) is 0 Å². The fraction of sp³-hybridized carbons (Fsp3) is 0.118. The van der Waals surface area contributed by atoms with Crippen molar-refractivity contribution in [2.45, 2.75) is 13.0 Å². The van der Waals surface area contributed by atoms with Crippen LogP contribution in [0.5, 0.6) is 0 Å². The number of rotatable bonds is 4. The number of nitrogens with one attached hydrogen (secondary N) is 1. The van der Waals surface area contributed by atoms with Gasteiger partial charge in [0.2, 0.25) is 5.01 Å². The molecule has 122 valence electrons. The second-order valence-corrected chi connectivity index (χ2v) is 6.12. The van der Waals surface area contributed by atoms with E-state index < -0.39 is 17.5 Å². The number of carbonyl (C=O) groups is 1. The summed E-state index contributed by atoms with van der Waals surface area (Å²) in [6, 6.07) is 12.5. The molecule has 0 unspecified atom stereocenters. The topological polar surface area (TPSA) is 54.9 Å². The van der Waals surface area contributed by atoms with Crippen molar-refractivity contribution in [2.75, 3.05) is 0 Å². The van der Waals surface area contributed by atoms with E-state index in [-0.39, 0.29) is 21.6 Å². The summed E-state index contributed by atoms with van der Waals surface area (Å²) >= 11 is 0.955. The summed E-state index contributed by atoms with van der Waals surface area (Å²) in [7, 11) is 0. The Morgan fingerprint density at radius 2 is 1.88 bits per heavy atom. The molecule has 24 heavy (non-hydrogen) atoms. The van der Waals surface area contributed by atoms with Crippen LogP contribution in [0.25, 0.3) is 10.6 Å². The predicted octanol–water partition coefficient (Wildman–Crippen LogP) is 3.97. The van der Waals surface area contributed by atoms with Crippen LogP contribution in [0.3, 0.4) is 0 Å². The lowest BCUT2D eigenvalue weighted by atomic mass is 10.1. The van der Waals surface area contributed by atoms with Crippen molar-refractivity contribution in [3.63, 3.8) is 0 Å². The van der Waals surface area contributed by atoms with Crippen molar-refractivity contribution in [2.24, 2.45) is 0 Å². The highest BCUT2D eigenvalue weighted by Gasteiger charge is 2.18. The molecule has 1 heterocycles. The van der Waals surface area contributed by atoms with Crippen LogP contribution in [-0.4, -0.2) is 16.1 Å². The lowest BCUT2D eigenvalue weighted by molar-refractivity contribution is 0.0939. The van der Waals surface area contributed by atoms with Gasteiger partial charge in [0.05, 0.1) is 6.04 Å². The van der Waals surface area contributed by atoms with Crippen LogP contribution < -0.4 is 5.32 Å². The predicted molar refractivity (Wildman–Crippen MR) is 87.6 cm³/mol. The monoisotopic (exact) mass is 345 g/mol. The number of carbonyl (C=O) groups excluding carboxylic acids is 1. The Balaban J connectivity index is 1.76. The summed E-state index contributed by atoms with van der Waals surface area (Å²) in [5, 5.41) is 10.8. The second kappa shape index (κ2) is 6.84. The van der Waals surface area contributed by atoms with Crippen molar-refractivity contribution in [3.05, 3.63) is 70.7 Å². The van der Waals surface area contributed by atoms with Gasteiger partial charge in [-0.15, -0.1) is 10.2 Å². The first kappa shape index (κ1) is 16.2. The lowest BCUT2D eigenvalue weighted by Gasteiger charge is -2.12. The quantitative estimate of drug-likeness (QED) is 0.778. The van der Waals surface area contributed by atoms with Crippen LogP contribution in [0.1, 0.15) is 28.3 Å². The number of hydrogen-bond acceptors (Lipinski definition) is 4. The number of benzene rings is 2.